The fourth-order valence-electron chi connectivity index (χ4n) is 3.54. The van der Waals surface area contributed by atoms with E-state index < -0.39 is 11.2 Å². The molecule has 180 valence electrons. The molecule has 0 spiro atoms. The number of nitrogens with zero attached hydrogens (tertiary/aromatic N) is 3. The zero-order valence-corrected chi connectivity index (χ0v) is 20.3. The second kappa shape index (κ2) is 10.5. The molecule has 34 heavy (non-hydrogen) atoms. The molecule has 8 heteroatoms. The normalized spacial score (nSPS) is 23.0. The van der Waals surface area contributed by atoms with E-state index in [4.69, 9.17) is 18.6 Å². The second-order valence-electron chi connectivity index (χ2n) is 8.63. The van der Waals surface area contributed by atoms with Crippen molar-refractivity contribution in [2.45, 2.75) is 51.4 Å². The van der Waals surface area contributed by atoms with E-state index in [1.165, 1.54) is 12.4 Å². The van der Waals surface area contributed by atoms with Crippen molar-refractivity contribution in [3.05, 3.63) is 68.8 Å². The highest BCUT2D eigenvalue weighted by molar-refractivity contribution is 5.89. The van der Waals surface area contributed by atoms with E-state index in [-0.39, 0.29) is 12.1 Å². The van der Waals surface area contributed by atoms with Crippen LogP contribution in [0, 0.1) is 0 Å². The Bertz CT molecular complexity index is 1260. The standard InChI is InChI=1S/C26H31N3O5/c1-16(8-10-23(27-6)31-7)19-13-24(29-15-28-19)33-22-12-18(3)21(34-26(22,4)5)14-20-17(2)9-11-25(30)32-20/h8-11,14-15,19,22H,1-2,12-13H2,3-7H3/b10-8-,20-14+,27-23?/t19?,22-/m0/s1. The largest absolute Gasteiger partial charge is 0.484 e. The first-order chi connectivity index (χ1) is 16.1. The summed E-state index contributed by atoms with van der Waals surface area (Å²) < 4.78 is 23.0. The summed E-state index contributed by atoms with van der Waals surface area (Å²) >= 11 is 0. The Morgan fingerprint density at radius 2 is 2.06 bits per heavy atom. The van der Waals surface area contributed by atoms with Gasteiger partial charge in [-0.1, -0.05) is 19.2 Å². The summed E-state index contributed by atoms with van der Waals surface area (Å²) in [4.78, 5) is 24.4. The van der Waals surface area contributed by atoms with E-state index in [1.807, 2.05) is 26.8 Å². The first-order valence-electron chi connectivity index (χ1n) is 10.9. The Hall–Kier alpha value is -3.68. The molecule has 0 fully saturated rings. The van der Waals surface area contributed by atoms with Crippen molar-refractivity contribution >= 4 is 30.8 Å². The van der Waals surface area contributed by atoms with Gasteiger partial charge in [-0.2, -0.15) is 0 Å². The van der Waals surface area contributed by atoms with Gasteiger partial charge in [-0.15, -0.1) is 0 Å². The number of methoxy groups -OCH3 is 1. The highest BCUT2D eigenvalue weighted by atomic mass is 16.6. The summed E-state index contributed by atoms with van der Waals surface area (Å²) in [6, 6.07) is 2.78. The molecular formula is C26H31N3O5. The minimum absolute atomic E-state index is 0.191. The van der Waals surface area contributed by atoms with E-state index in [9.17, 15) is 4.79 Å². The molecule has 2 aliphatic rings. The average molecular weight is 466 g/mol. The van der Waals surface area contributed by atoms with Gasteiger partial charge in [0.2, 0.25) is 5.90 Å². The van der Waals surface area contributed by atoms with Crippen LogP contribution in [-0.2, 0) is 14.2 Å². The van der Waals surface area contributed by atoms with Gasteiger partial charge >= 0.3 is 5.63 Å². The Morgan fingerprint density at radius 1 is 1.29 bits per heavy atom. The molecule has 3 heterocycles. The van der Waals surface area contributed by atoms with Crippen LogP contribution in [-0.4, -0.2) is 50.0 Å². The van der Waals surface area contributed by atoms with E-state index in [1.54, 1.807) is 32.4 Å². The Kier molecular flexibility index (Phi) is 7.71. The van der Waals surface area contributed by atoms with E-state index in [2.05, 4.69) is 28.1 Å². The summed E-state index contributed by atoms with van der Waals surface area (Å²) in [6.07, 6.45) is 7.63. The summed E-state index contributed by atoms with van der Waals surface area (Å²) in [5.41, 5.74) is 1.05. The molecule has 2 atom stereocenters. The number of hydrogen-bond acceptors (Lipinski definition) is 8. The van der Waals surface area contributed by atoms with Crippen LogP contribution >= 0.6 is 0 Å². The van der Waals surface area contributed by atoms with Crippen LogP contribution in [0.4, 0.5) is 0 Å². The number of aliphatic imine (C=N–C) groups is 3. The predicted molar refractivity (Wildman–Crippen MR) is 135 cm³/mol. The third-order valence-electron chi connectivity index (χ3n) is 5.66. The molecule has 0 aliphatic carbocycles. The van der Waals surface area contributed by atoms with Gasteiger partial charge in [0, 0.05) is 36.9 Å². The third-order valence-corrected chi connectivity index (χ3v) is 5.66. The third kappa shape index (κ3) is 6.01. The maximum atomic E-state index is 11.6. The van der Waals surface area contributed by atoms with Crippen LogP contribution in [0.5, 0.6) is 0 Å². The molecule has 0 N–H and O–H groups in total. The van der Waals surface area contributed by atoms with Crippen molar-refractivity contribution < 1.29 is 18.6 Å². The monoisotopic (exact) mass is 465 g/mol. The molecule has 1 aromatic rings. The summed E-state index contributed by atoms with van der Waals surface area (Å²) in [5.74, 6) is 1.71. The molecule has 0 bridgehead atoms. The van der Waals surface area contributed by atoms with Gasteiger partial charge in [0.25, 0.3) is 0 Å². The van der Waals surface area contributed by atoms with Gasteiger partial charge in [-0.05, 0) is 38.0 Å². The van der Waals surface area contributed by atoms with Gasteiger partial charge in [0.1, 0.15) is 29.2 Å². The van der Waals surface area contributed by atoms with Crippen molar-refractivity contribution in [2.75, 3.05) is 14.2 Å². The van der Waals surface area contributed by atoms with Gasteiger partial charge in [-0.25, -0.2) is 9.79 Å². The summed E-state index contributed by atoms with van der Waals surface area (Å²) in [6.45, 7) is 13.9. The lowest BCUT2D eigenvalue weighted by Gasteiger charge is -2.40. The number of rotatable bonds is 5. The van der Waals surface area contributed by atoms with Crippen LogP contribution in [0.2, 0.25) is 0 Å². The van der Waals surface area contributed by atoms with Crippen molar-refractivity contribution in [1.82, 2.24) is 0 Å². The first-order valence-corrected chi connectivity index (χ1v) is 10.9. The summed E-state index contributed by atoms with van der Waals surface area (Å²) in [5, 5.41) is 0.610. The van der Waals surface area contributed by atoms with Crippen LogP contribution in [0.1, 0.15) is 33.6 Å². The van der Waals surface area contributed by atoms with Gasteiger partial charge in [0.15, 0.2) is 5.90 Å². The topological polar surface area (TPSA) is 95.0 Å². The molecule has 0 radical (unpaired) electrons. The molecule has 0 saturated carbocycles. The smallest absolute Gasteiger partial charge is 0.336 e. The highest BCUT2D eigenvalue weighted by Gasteiger charge is 2.39. The van der Waals surface area contributed by atoms with Gasteiger partial charge < -0.3 is 18.6 Å². The molecule has 0 saturated heterocycles. The molecule has 2 aliphatic heterocycles. The lowest BCUT2D eigenvalue weighted by atomic mass is 9.91. The van der Waals surface area contributed by atoms with Crippen molar-refractivity contribution in [2.24, 2.45) is 15.0 Å². The molecule has 3 rings (SSSR count). The minimum atomic E-state index is -0.657. The Labute approximate surface area is 199 Å². The number of allylic oxidation sites excluding steroid dienone is 1. The predicted octanol–water partition coefficient (Wildman–Crippen LogP) is 2.67. The van der Waals surface area contributed by atoms with Gasteiger partial charge in [-0.3, -0.25) is 9.98 Å². The fourth-order valence-corrected chi connectivity index (χ4v) is 3.54. The molecule has 0 amide bonds. The van der Waals surface area contributed by atoms with Crippen LogP contribution < -0.4 is 16.3 Å². The SMILES string of the molecule is C=C(/C=C\C(=NC)OC)C1CC(O[C@H]2CC(C)=C(/C=c3/oc(=O)ccc3=C)OC2(C)C)=NC=N1. The van der Waals surface area contributed by atoms with Crippen LogP contribution in [0.25, 0.3) is 12.7 Å². The minimum Gasteiger partial charge on any atom is -0.484 e. The van der Waals surface area contributed by atoms with E-state index in [0.29, 0.717) is 41.0 Å². The summed E-state index contributed by atoms with van der Waals surface area (Å²) in [7, 11) is 3.22. The molecule has 0 aromatic carbocycles. The second-order valence-corrected chi connectivity index (χ2v) is 8.63. The lowest BCUT2D eigenvalue weighted by molar-refractivity contribution is -0.0714. The van der Waals surface area contributed by atoms with Crippen molar-refractivity contribution in [3.8, 4) is 0 Å². The maximum absolute atomic E-state index is 11.6. The van der Waals surface area contributed by atoms with E-state index >= 15 is 0 Å². The quantitative estimate of drug-likeness (QED) is 0.379. The van der Waals surface area contributed by atoms with Crippen molar-refractivity contribution in [3.63, 3.8) is 0 Å². The van der Waals surface area contributed by atoms with Crippen LogP contribution in [0.3, 0.4) is 0 Å². The molecule has 1 aromatic heterocycles. The molecule has 8 nitrogen and oxygen atoms in total. The zero-order chi connectivity index (χ0) is 24.9. The molecular weight excluding hydrogens is 434 g/mol. The number of ether oxygens (including phenoxy) is 3. The average Bonchev–Trinajstić information content (AvgIpc) is 2.80. The zero-order valence-electron chi connectivity index (χ0n) is 20.3. The maximum Gasteiger partial charge on any atom is 0.336 e. The Morgan fingerprint density at radius 3 is 2.76 bits per heavy atom. The van der Waals surface area contributed by atoms with Crippen molar-refractivity contribution in [1.29, 1.82) is 0 Å². The number of hydrogen-bond donors (Lipinski definition) is 0. The van der Waals surface area contributed by atoms with Crippen LogP contribution in [0.15, 0.2) is 72.0 Å². The first kappa shape index (κ1) is 25.0. The Balaban J connectivity index is 1.74. The van der Waals surface area contributed by atoms with E-state index in [0.717, 1.165) is 11.1 Å². The lowest BCUT2D eigenvalue weighted by Crippen LogP contribution is -2.45. The van der Waals surface area contributed by atoms with Gasteiger partial charge in [0.05, 0.1) is 19.6 Å². The molecule has 1 unspecified atom stereocenters. The highest BCUT2D eigenvalue weighted by Crippen LogP contribution is 2.35. The fraction of sp³-hybridized carbons (Fsp3) is 0.385.